The molecule has 1 aliphatic rings. The van der Waals surface area contributed by atoms with Crippen LogP contribution in [0.1, 0.15) is 22.3 Å². The molecule has 0 saturated carbocycles. The third-order valence-electron chi connectivity index (χ3n) is 6.83. The number of H-pyrrole nitrogens is 1. The topological polar surface area (TPSA) is 79.2 Å². The van der Waals surface area contributed by atoms with E-state index in [4.69, 9.17) is 16.6 Å². The first kappa shape index (κ1) is 23.4. The number of piperazine rings is 1. The van der Waals surface area contributed by atoms with Gasteiger partial charge in [-0.05, 0) is 36.6 Å². The molecule has 35 heavy (non-hydrogen) atoms. The average Bonchev–Trinajstić information content (AvgIpc) is 3.22. The van der Waals surface area contributed by atoms with Crippen LogP contribution in [0, 0.1) is 13.8 Å². The normalized spacial score (nSPS) is 14.7. The van der Waals surface area contributed by atoms with Crippen molar-refractivity contribution in [2.45, 2.75) is 26.9 Å². The molecular weight excluding hydrogens is 464 g/mol. The molecule has 8 nitrogen and oxygen atoms in total. The van der Waals surface area contributed by atoms with Crippen molar-refractivity contribution in [3.05, 3.63) is 90.6 Å². The minimum atomic E-state index is -0.477. The molecule has 1 saturated heterocycles. The van der Waals surface area contributed by atoms with Crippen molar-refractivity contribution >= 4 is 28.7 Å². The molecule has 0 amide bonds. The lowest BCUT2D eigenvalue weighted by atomic mass is 10.0. The largest absolute Gasteiger partial charge is 0.340 e. The van der Waals surface area contributed by atoms with Gasteiger partial charge in [-0.2, -0.15) is 4.98 Å². The molecule has 2 aromatic heterocycles. The Morgan fingerprint density at radius 2 is 1.71 bits per heavy atom. The van der Waals surface area contributed by atoms with E-state index in [0.29, 0.717) is 28.7 Å². The number of benzene rings is 2. The van der Waals surface area contributed by atoms with E-state index >= 15 is 0 Å². The first-order valence-corrected chi connectivity index (χ1v) is 12.2. The van der Waals surface area contributed by atoms with E-state index in [1.165, 1.54) is 21.3 Å². The van der Waals surface area contributed by atoms with Crippen LogP contribution in [-0.2, 0) is 20.1 Å². The summed E-state index contributed by atoms with van der Waals surface area (Å²) in [5.41, 5.74) is 4.64. The van der Waals surface area contributed by atoms with Gasteiger partial charge in [0.1, 0.15) is 0 Å². The Morgan fingerprint density at radius 1 is 0.971 bits per heavy atom. The maximum Gasteiger partial charge on any atom is 0.329 e. The lowest BCUT2D eigenvalue weighted by Crippen LogP contribution is -2.47. The standard InChI is InChI=1S/C26H29ClN6O2/c1-17-8-9-18(2)20(14-17)15-31-10-12-32(13-11-31)25-28-23-22(24(34)29-26(35)30(23)3)33(25)16-19-6-4-5-7-21(19)27/h4-9,14H,10-13,15-16H2,1-3H3,(H,29,34,35). The van der Waals surface area contributed by atoms with Crippen molar-refractivity contribution < 1.29 is 0 Å². The molecule has 0 bridgehead atoms. The number of anilines is 1. The SMILES string of the molecule is Cc1ccc(C)c(CN2CCN(c3nc4c(c(=O)[nH]c(=O)n4C)n3Cc3ccccc3Cl)CC2)c1. The second-order valence-electron chi connectivity index (χ2n) is 9.27. The molecule has 0 spiro atoms. The van der Waals surface area contributed by atoms with Crippen molar-refractivity contribution in [1.29, 1.82) is 0 Å². The lowest BCUT2D eigenvalue weighted by Gasteiger charge is -2.35. The predicted octanol–water partition coefficient (Wildman–Crippen LogP) is 3.06. The first-order valence-electron chi connectivity index (χ1n) is 11.8. The van der Waals surface area contributed by atoms with Crippen LogP contribution in [0.4, 0.5) is 5.95 Å². The van der Waals surface area contributed by atoms with Crippen LogP contribution in [0.15, 0.2) is 52.1 Å². The summed E-state index contributed by atoms with van der Waals surface area (Å²) in [7, 11) is 1.62. The first-order chi connectivity index (χ1) is 16.8. The molecule has 5 rings (SSSR count). The maximum absolute atomic E-state index is 12.9. The van der Waals surface area contributed by atoms with E-state index in [-0.39, 0.29) is 0 Å². The molecule has 2 aromatic carbocycles. The van der Waals surface area contributed by atoms with Gasteiger partial charge in [-0.15, -0.1) is 0 Å². The maximum atomic E-state index is 12.9. The molecule has 182 valence electrons. The number of aryl methyl sites for hydroxylation is 3. The lowest BCUT2D eigenvalue weighted by molar-refractivity contribution is 0.248. The fourth-order valence-electron chi connectivity index (χ4n) is 4.73. The summed E-state index contributed by atoms with van der Waals surface area (Å²) in [5.74, 6) is 0.679. The van der Waals surface area contributed by atoms with Gasteiger partial charge in [-0.25, -0.2) is 4.79 Å². The number of imidazole rings is 1. The second-order valence-corrected chi connectivity index (χ2v) is 9.68. The fourth-order valence-corrected chi connectivity index (χ4v) is 4.92. The Bertz CT molecular complexity index is 1510. The zero-order chi connectivity index (χ0) is 24.7. The van der Waals surface area contributed by atoms with Crippen molar-refractivity contribution in [3.8, 4) is 0 Å². The number of aromatic amines is 1. The Kier molecular flexibility index (Phi) is 6.25. The number of aromatic nitrogens is 4. The zero-order valence-electron chi connectivity index (χ0n) is 20.2. The number of hydrogen-bond donors (Lipinski definition) is 1. The predicted molar refractivity (Wildman–Crippen MR) is 140 cm³/mol. The second kappa shape index (κ2) is 9.36. The smallest absolute Gasteiger partial charge is 0.329 e. The Labute approximate surface area is 208 Å². The van der Waals surface area contributed by atoms with Crippen molar-refractivity contribution in [2.24, 2.45) is 7.05 Å². The molecule has 3 heterocycles. The number of nitrogens with one attached hydrogen (secondary N) is 1. The van der Waals surface area contributed by atoms with E-state index in [2.05, 4.69) is 46.8 Å². The molecular formula is C26H29ClN6O2. The van der Waals surface area contributed by atoms with Gasteiger partial charge in [0.2, 0.25) is 5.95 Å². The quantitative estimate of drug-likeness (QED) is 0.463. The van der Waals surface area contributed by atoms with Crippen molar-refractivity contribution in [2.75, 3.05) is 31.1 Å². The average molecular weight is 493 g/mol. The highest BCUT2D eigenvalue weighted by molar-refractivity contribution is 6.31. The van der Waals surface area contributed by atoms with E-state index < -0.39 is 11.2 Å². The Balaban J connectivity index is 1.47. The third kappa shape index (κ3) is 4.51. The summed E-state index contributed by atoms with van der Waals surface area (Å²) in [6, 6.07) is 14.2. The van der Waals surface area contributed by atoms with Crippen LogP contribution < -0.4 is 16.1 Å². The summed E-state index contributed by atoms with van der Waals surface area (Å²) in [4.78, 5) is 37.0. The monoisotopic (exact) mass is 492 g/mol. The number of rotatable bonds is 5. The highest BCUT2D eigenvalue weighted by Crippen LogP contribution is 2.25. The summed E-state index contributed by atoms with van der Waals surface area (Å²) in [6.07, 6.45) is 0. The van der Waals surface area contributed by atoms with Gasteiger partial charge in [-0.1, -0.05) is 53.6 Å². The molecule has 1 N–H and O–H groups in total. The van der Waals surface area contributed by atoms with Gasteiger partial charge in [0.05, 0.1) is 6.54 Å². The number of fused-ring (bicyclic) bond motifs is 1. The Morgan fingerprint density at radius 3 is 2.46 bits per heavy atom. The number of nitrogens with zero attached hydrogens (tertiary/aromatic N) is 5. The van der Waals surface area contributed by atoms with E-state index in [0.717, 1.165) is 38.3 Å². The molecule has 0 aliphatic carbocycles. The highest BCUT2D eigenvalue weighted by Gasteiger charge is 2.25. The van der Waals surface area contributed by atoms with Gasteiger partial charge in [0, 0.05) is 44.8 Å². The number of hydrogen-bond acceptors (Lipinski definition) is 5. The fraction of sp³-hybridized carbons (Fsp3) is 0.346. The van der Waals surface area contributed by atoms with Gasteiger partial charge >= 0.3 is 5.69 Å². The van der Waals surface area contributed by atoms with Crippen molar-refractivity contribution in [3.63, 3.8) is 0 Å². The van der Waals surface area contributed by atoms with Crippen LogP contribution in [0.3, 0.4) is 0 Å². The summed E-state index contributed by atoms with van der Waals surface area (Å²) < 4.78 is 3.27. The molecule has 0 unspecified atom stereocenters. The van der Waals surface area contributed by atoms with Crippen LogP contribution in [0.2, 0.25) is 5.02 Å². The molecule has 4 aromatic rings. The van der Waals surface area contributed by atoms with Gasteiger partial charge < -0.3 is 4.90 Å². The Hall–Kier alpha value is -3.36. The molecule has 0 radical (unpaired) electrons. The van der Waals surface area contributed by atoms with Gasteiger partial charge in [0.15, 0.2) is 11.2 Å². The molecule has 0 atom stereocenters. The van der Waals surface area contributed by atoms with E-state index in [1.807, 2.05) is 28.8 Å². The van der Waals surface area contributed by atoms with E-state index in [1.54, 1.807) is 7.05 Å². The number of halogens is 1. The summed E-state index contributed by atoms with van der Waals surface area (Å²) >= 11 is 6.45. The van der Waals surface area contributed by atoms with Gasteiger partial charge in [-0.3, -0.25) is 23.8 Å². The highest BCUT2D eigenvalue weighted by atomic mass is 35.5. The molecule has 9 heteroatoms. The minimum Gasteiger partial charge on any atom is -0.340 e. The van der Waals surface area contributed by atoms with Crippen LogP contribution in [0.25, 0.3) is 11.2 Å². The molecule has 1 fully saturated rings. The summed E-state index contributed by atoms with van der Waals surface area (Å²) in [6.45, 7) is 8.85. The minimum absolute atomic E-state index is 0.374. The third-order valence-corrected chi connectivity index (χ3v) is 7.20. The van der Waals surface area contributed by atoms with E-state index in [9.17, 15) is 9.59 Å². The van der Waals surface area contributed by atoms with Crippen molar-refractivity contribution in [1.82, 2.24) is 24.0 Å². The molecule has 1 aliphatic heterocycles. The van der Waals surface area contributed by atoms with Crippen LogP contribution in [-0.4, -0.2) is 50.2 Å². The van der Waals surface area contributed by atoms with Crippen LogP contribution in [0.5, 0.6) is 0 Å². The summed E-state index contributed by atoms with van der Waals surface area (Å²) in [5, 5.41) is 0.625. The van der Waals surface area contributed by atoms with Crippen LogP contribution >= 0.6 is 11.6 Å². The van der Waals surface area contributed by atoms with Gasteiger partial charge in [0.25, 0.3) is 5.56 Å². The zero-order valence-corrected chi connectivity index (χ0v) is 21.0.